The smallest absolute Gasteiger partial charge is 0.165 e. The Labute approximate surface area is 79.8 Å². The van der Waals surface area contributed by atoms with E-state index in [2.05, 4.69) is 6.92 Å². The lowest BCUT2D eigenvalue weighted by atomic mass is 9.95. The van der Waals surface area contributed by atoms with Gasteiger partial charge in [0.15, 0.2) is 5.78 Å². The lowest BCUT2D eigenvalue weighted by molar-refractivity contribution is 0.0923. The van der Waals surface area contributed by atoms with E-state index in [4.69, 9.17) is 0 Å². The molecular weight excluding hydrogens is 160 g/mol. The van der Waals surface area contributed by atoms with Crippen molar-refractivity contribution in [3.05, 3.63) is 35.9 Å². The van der Waals surface area contributed by atoms with E-state index in [0.717, 1.165) is 18.4 Å². The van der Waals surface area contributed by atoms with Gasteiger partial charge in [0.1, 0.15) is 0 Å². The van der Waals surface area contributed by atoms with Crippen LogP contribution in [0.25, 0.3) is 0 Å². The highest BCUT2D eigenvalue weighted by atomic mass is 16.1. The Bertz CT molecular complexity index is 264. The summed E-state index contributed by atoms with van der Waals surface area (Å²) in [5, 5.41) is 0. The molecule has 0 amide bonds. The van der Waals surface area contributed by atoms with Gasteiger partial charge in [0.05, 0.1) is 0 Å². The van der Waals surface area contributed by atoms with Crippen LogP contribution < -0.4 is 0 Å². The van der Waals surface area contributed by atoms with E-state index in [1.54, 1.807) is 0 Å². The minimum Gasteiger partial charge on any atom is -0.294 e. The quantitative estimate of drug-likeness (QED) is 0.643. The van der Waals surface area contributed by atoms with E-state index in [0.29, 0.717) is 0 Å². The number of carbonyl (C=O) groups excluding carboxylic acids is 1. The van der Waals surface area contributed by atoms with Gasteiger partial charge in [-0.2, -0.15) is 0 Å². The fourth-order valence-corrected chi connectivity index (χ4v) is 1.45. The number of ketones is 1. The van der Waals surface area contributed by atoms with Gasteiger partial charge < -0.3 is 0 Å². The first-order valence-electron chi connectivity index (χ1n) is 4.85. The molecule has 0 saturated carbocycles. The molecule has 0 heterocycles. The largest absolute Gasteiger partial charge is 0.294 e. The molecular formula is C12H16O. The molecule has 0 aliphatic heterocycles. The van der Waals surface area contributed by atoms with Crippen LogP contribution in [0.15, 0.2) is 30.3 Å². The molecule has 1 aromatic rings. The second-order valence-corrected chi connectivity index (χ2v) is 3.42. The van der Waals surface area contributed by atoms with Crippen LogP contribution in [-0.4, -0.2) is 5.78 Å². The number of Topliss-reactive ketones (excluding diaryl/α,β-unsaturated/α-hetero) is 1. The topological polar surface area (TPSA) is 17.1 Å². The zero-order valence-corrected chi connectivity index (χ0v) is 8.29. The predicted octanol–water partition coefficient (Wildman–Crippen LogP) is 3.31. The van der Waals surface area contributed by atoms with Gasteiger partial charge in [-0.25, -0.2) is 0 Å². The summed E-state index contributed by atoms with van der Waals surface area (Å²) >= 11 is 0. The molecule has 0 N–H and O–H groups in total. The van der Waals surface area contributed by atoms with Gasteiger partial charge in [-0.15, -0.1) is 0 Å². The summed E-state index contributed by atoms with van der Waals surface area (Å²) in [6.45, 7) is 4.10. The fraction of sp³-hybridized carbons (Fsp3) is 0.417. The third kappa shape index (κ3) is 2.69. The fourth-order valence-electron chi connectivity index (χ4n) is 1.45. The van der Waals surface area contributed by atoms with Crippen molar-refractivity contribution in [1.29, 1.82) is 0 Å². The first-order chi connectivity index (χ1) is 6.25. The van der Waals surface area contributed by atoms with Crippen molar-refractivity contribution in [2.75, 3.05) is 0 Å². The minimum atomic E-state index is 0.160. The van der Waals surface area contributed by atoms with E-state index in [1.165, 1.54) is 0 Å². The van der Waals surface area contributed by atoms with Crippen LogP contribution in [-0.2, 0) is 0 Å². The van der Waals surface area contributed by atoms with Gasteiger partial charge in [-0.1, -0.05) is 50.6 Å². The summed E-state index contributed by atoms with van der Waals surface area (Å²) < 4.78 is 0. The predicted molar refractivity (Wildman–Crippen MR) is 54.8 cm³/mol. The molecule has 1 aromatic carbocycles. The van der Waals surface area contributed by atoms with Crippen LogP contribution in [0.1, 0.15) is 37.0 Å². The highest BCUT2D eigenvalue weighted by Crippen LogP contribution is 2.12. The molecule has 1 rings (SSSR count). The summed E-state index contributed by atoms with van der Waals surface area (Å²) in [4.78, 5) is 11.7. The maximum absolute atomic E-state index is 11.7. The zero-order valence-electron chi connectivity index (χ0n) is 8.29. The lowest BCUT2D eigenvalue weighted by Crippen LogP contribution is -2.10. The number of carbonyl (C=O) groups is 1. The Morgan fingerprint density at radius 3 is 2.46 bits per heavy atom. The van der Waals surface area contributed by atoms with Gasteiger partial charge in [0.25, 0.3) is 0 Å². The lowest BCUT2D eigenvalue weighted by Gasteiger charge is -2.08. The van der Waals surface area contributed by atoms with Gasteiger partial charge in [-0.3, -0.25) is 4.79 Å². The number of rotatable bonds is 4. The summed E-state index contributed by atoms with van der Waals surface area (Å²) in [6, 6.07) is 9.52. The Balaban J connectivity index is 2.68. The van der Waals surface area contributed by atoms with E-state index in [9.17, 15) is 4.79 Å². The highest BCUT2D eigenvalue weighted by Gasteiger charge is 2.12. The molecule has 1 nitrogen and oxygen atoms in total. The van der Waals surface area contributed by atoms with Crippen molar-refractivity contribution in [2.24, 2.45) is 5.92 Å². The number of hydrogen-bond acceptors (Lipinski definition) is 1. The molecule has 1 atom stereocenters. The van der Waals surface area contributed by atoms with Crippen LogP contribution >= 0.6 is 0 Å². The normalized spacial score (nSPS) is 12.5. The van der Waals surface area contributed by atoms with Crippen molar-refractivity contribution in [3.8, 4) is 0 Å². The maximum Gasteiger partial charge on any atom is 0.165 e. The zero-order chi connectivity index (χ0) is 9.68. The van der Waals surface area contributed by atoms with Gasteiger partial charge >= 0.3 is 0 Å². The molecule has 0 saturated heterocycles. The van der Waals surface area contributed by atoms with Gasteiger partial charge in [0.2, 0.25) is 0 Å². The van der Waals surface area contributed by atoms with E-state index < -0.39 is 0 Å². The van der Waals surface area contributed by atoms with Crippen molar-refractivity contribution >= 4 is 5.78 Å². The molecule has 0 aliphatic rings. The van der Waals surface area contributed by atoms with Crippen LogP contribution in [0.5, 0.6) is 0 Å². The Morgan fingerprint density at radius 2 is 1.92 bits per heavy atom. The van der Waals surface area contributed by atoms with Crippen LogP contribution in [0.4, 0.5) is 0 Å². The summed E-state index contributed by atoms with van der Waals surface area (Å²) in [6.07, 6.45) is 2.05. The SMILES string of the molecule is CCC[C@H](C)C(=O)c1ccccc1. The van der Waals surface area contributed by atoms with Crippen LogP contribution in [0, 0.1) is 5.92 Å². The first kappa shape index (κ1) is 9.97. The molecule has 0 radical (unpaired) electrons. The highest BCUT2D eigenvalue weighted by molar-refractivity contribution is 5.97. The minimum absolute atomic E-state index is 0.160. The second kappa shape index (κ2) is 4.80. The molecule has 0 fully saturated rings. The molecule has 0 spiro atoms. The Morgan fingerprint density at radius 1 is 1.31 bits per heavy atom. The molecule has 0 aliphatic carbocycles. The van der Waals surface area contributed by atoms with Crippen LogP contribution in [0.3, 0.4) is 0 Å². The van der Waals surface area contributed by atoms with E-state index in [-0.39, 0.29) is 11.7 Å². The second-order valence-electron chi connectivity index (χ2n) is 3.42. The van der Waals surface area contributed by atoms with E-state index >= 15 is 0 Å². The first-order valence-corrected chi connectivity index (χ1v) is 4.85. The summed E-state index contributed by atoms with van der Waals surface area (Å²) in [5.74, 6) is 0.426. The Hall–Kier alpha value is -1.11. The maximum atomic E-state index is 11.7. The molecule has 70 valence electrons. The summed E-state index contributed by atoms with van der Waals surface area (Å²) in [7, 11) is 0. The third-order valence-corrected chi connectivity index (χ3v) is 2.23. The van der Waals surface area contributed by atoms with E-state index in [1.807, 2.05) is 37.3 Å². The number of hydrogen-bond donors (Lipinski definition) is 0. The van der Waals surface area contributed by atoms with Crippen molar-refractivity contribution in [3.63, 3.8) is 0 Å². The average Bonchev–Trinajstić information content (AvgIpc) is 2.18. The summed E-state index contributed by atoms with van der Waals surface area (Å²) in [5.41, 5.74) is 0.837. The molecule has 0 unspecified atom stereocenters. The monoisotopic (exact) mass is 176 g/mol. The molecule has 1 heteroatoms. The van der Waals surface area contributed by atoms with Crippen molar-refractivity contribution in [1.82, 2.24) is 0 Å². The Kier molecular flexibility index (Phi) is 3.69. The number of benzene rings is 1. The van der Waals surface area contributed by atoms with Gasteiger partial charge in [0, 0.05) is 11.5 Å². The molecule has 0 bridgehead atoms. The average molecular weight is 176 g/mol. The third-order valence-electron chi connectivity index (χ3n) is 2.23. The molecule has 0 aromatic heterocycles. The van der Waals surface area contributed by atoms with Crippen molar-refractivity contribution in [2.45, 2.75) is 26.7 Å². The standard InChI is InChI=1S/C12H16O/c1-3-7-10(2)12(13)11-8-5-4-6-9-11/h4-6,8-10H,3,7H2,1-2H3/t10-/m0/s1. The van der Waals surface area contributed by atoms with Crippen molar-refractivity contribution < 1.29 is 4.79 Å². The van der Waals surface area contributed by atoms with Gasteiger partial charge in [-0.05, 0) is 6.42 Å². The van der Waals surface area contributed by atoms with Crippen LogP contribution in [0.2, 0.25) is 0 Å². The molecule has 13 heavy (non-hydrogen) atoms.